The summed E-state index contributed by atoms with van der Waals surface area (Å²) < 4.78 is 5.75. The van der Waals surface area contributed by atoms with Crippen molar-refractivity contribution in [2.24, 2.45) is 5.92 Å². The highest BCUT2D eigenvalue weighted by Crippen LogP contribution is 2.43. The summed E-state index contributed by atoms with van der Waals surface area (Å²) in [6.07, 6.45) is 5.01. The number of aryl methyl sites for hydroxylation is 1. The number of halogens is 1. The van der Waals surface area contributed by atoms with Crippen molar-refractivity contribution in [3.05, 3.63) is 39.9 Å². The van der Waals surface area contributed by atoms with Crippen molar-refractivity contribution < 1.29 is 19.1 Å². The van der Waals surface area contributed by atoms with Gasteiger partial charge < -0.3 is 10.3 Å². The molecule has 1 saturated carbocycles. The Morgan fingerprint density at radius 3 is 2.59 bits per heavy atom. The third-order valence-corrected chi connectivity index (χ3v) is 6.55. The molecule has 2 aliphatic rings. The standard InChI is InChI=1S/C22H24ClN3O3/c1-21(2,13-24)16-8-7-14(11-17(16)23)9-10-22(15-5-3-4-6-15)12-18(27)19(26-25)20(28)29-22/h7-8,11,15H,3-6,9-10,12H2,1-2H3. The highest BCUT2D eigenvalue weighted by Gasteiger charge is 2.53. The molecule has 1 aromatic rings. The zero-order valence-corrected chi connectivity index (χ0v) is 17.5. The first-order valence-electron chi connectivity index (χ1n) is 9.91. The van der Waals surface area contributed by atoms with E-state index in [0.717, 1.165) is 36.8 Å². The Hall–Kier alpha value is -2.48. The van der Waals surface area contributed by atoms with Gasteiger partial charge in [-0.2, -0.15) is 10.1 Å². The number of carbonyl (C=O) groups excluding carboxylic acids is 2. The van der Waals surface area contributed by atoms with Gasteiger partial charge in [-0.15, -0.1) is 0 Å². The van der Waals surface area contributed by atoms with Gasteiger partial charge in [0.05, 0.1) is 17.9 Å². The van der Waals surface area contributed by atoms with Crippen LogP contribution in [0.25, 0.3) is 5.53 Å². The number of hydrogen-bond acceptors (Lipinski definition) is 4. The fourth-order valence-electron chi connectivity index (χ4n) is 4.50. The van der Waals surface area contributed by atoms with E-state index in [2.05, 4.69) is 10.9 Å². The lowest BCUT2D eigenvalue weighted by Gasteiger charge is -2.39. The van der Waals surface area contributed by atoms with Crippen molar-refractivity contribution >= 4 is 29.1 Å². The van der Waals surface area contributed by atoms with Crippen LogP contribution in [0.4, 0.5) is 0 Å². The molecule has 7 heteroatoms. The zero-order chi connectivity index (χ0) is 21.2. The second kappa shape index (κ2) is 8.10. The highest BCUT2D eigenvalue weighted by molar-refractivity contribution is 6.63. The molecule has 0 N–H and O–H groups in total. The quantitative estimate of drug-likeness (QED) is 0.410. The first-order valence-corrected chi connectivity index (χ1v) is 10.3. The molecule has 1 atom stereocenters. The first kappa shape index (κ1) is 21.2. The number of rotatable bonds is 5. The number of ketones is 1. The van der Waals surface area contributed by atoms with E-state index in [0.29, 0.717) is 17.9 Å². The molecular weight excluding hydrogens is 390 g/mol. The van der Waals surface area contributed by atoms with Crippen molar-refractivity contribution in [3.63, 3.8) is 0 Å². The van der Waals surface area contributed by atoms with Crippen LogP contribution in [0.15, 0.2) is 18.2 Å². The van der Waals surface area contributed by atoms with Gasteiger partial charge in [0, 0.05) is 5.02 Å². The van der Waals surface area contributed by atoms with Gasteiger partial charge in [0.25, 0.3) is 5.78 Å². The van der Waals surface area contributed by atoms with Gasteiger partial charge in [-0.25, -0.2) is 4.79 Å². The van der Waals surface area contributed by atoms with E-state index < -0.39 is 28.5 Å². The van der Waals surface area contributed by atoms with Crippen LogP contribution in [0.2, 0.25) is 5.02 Å². The molecule has 1 unspecified atom stereocenters. The summed E-state index contributed by atoms with van der Waals surface area (Å²) in [5.74, 6) is -1.21. The van der Waals surface area contributed by atoms with Crippen molar-refractivity contribution in [1.82, 2.24) is 0 Å². The maximum absolute atomic E-state index is 12.4. The van der Waals surface area contributed by atoms with Gasteiger partial charge in [0.15, 0.2) is 0 Å². The van der Waals surface area contributed by atoms with Crippen LogP contribution in [-0.2, 0) is 26.2 Å². The molecule has 0 amide bonds. The lowest BCUT2D eigenvalue weighted by atomic mass is 9.75. The summed E-state index contributed by atoms with van der Waals surface area (Å²) in [6, 6.07) is 7.88. The lowest BCUT2D eigenvalue weighted by molar-refractivity contribution is -0.172. The maximum Gasteiger partial charge on any atom is 0.441 e. The van der Waals surface area contributed by atoms with Crippen LogP contribution in [0, 0.1) is 17.2 Å². The van der Waals surface area contributed by atoms with Crippen molar-refractivity contribution in [2.45, 2.75) is 69.8 Å². The van der Waals surface area contributed by atoms with Crippen molar-refractivity contribution in [2.75, 3.05) is 0 Å². The third-order valence-electron chi connectivity index (χ3n) is 6.24. The Balaban J connectivity index is 1.84. The predicted molar refractivity (Wildman–Crippen MR) is 107 cm³/mol. The normalized spacial score (nSPS) is 22.9. The van der Waals surface area contributed by atoms with Crippen LogP contribution in [0.3, 0.4) is 0 Å². The van der Waals surface area contributed by atoms with E-state index in [1.165, 1.54) is 0 Å². The topological polar surface area (TPSA) is 104 Å². The minimum atomic E-state index is -0.879. The summed E-state index contributed by atoms with van der Waals surface area (Å²) >= 11 is 6.43. The molecule has 29 heavy (non-hydrogen) atoms. The van der Waals surface area contributed by atoms with Gasteiger partial charge in [-0.3, -0.25) is 4.79 Å². The number of nitriles is 1. The fraction of sp³-hybridized carbons (Fsp3) is 0.545. The number of carbonyl (C=O) groups is 2. The van der Waals surface area contributed by atoms with Crippen LogP contribution in [-0.4, -0.2) is 27.9 Å². The van der Waals surface area contributed by atoms with E-state index in [1.807, 2.05) is 32.0 Å². The summed E-state index contributed by atoms with van der Waals surface area (Å²) in [7, 11) is 0. The fourth-order valence-corrected chi connectivity index (χ4v) is 4.93. The number of esters is 1. The Bertz CT molecular complexity index is 915. The largest absolute Gasteiger partial charge is 0.449 e. The third kappa shape index (κ3) is 4.12. The van der Waals surface area contributed by atoms with Gasteiger partial charge in [-0.1, -0.05) is 36.6 Å². The number of hydrogen-bond donors (Lipinski definition) is 0. The lowest BCUT2D eigenvalue weighted by Crippen LogP contribution is -2.52. The molecule has 0 radical (unpaired) electrons. The average molecular weight is 414 g/mol. The molecule has 0 bridgehead atoms. The molecule has 1 saturated heterocycles. The van der Waals surface area contributed by atoms with Gasteiger partial charge in [0.1, 0.15) is 5.60 Å². The van der Waals surface area contributed by atoms with Crippen LogP contribution >= 0.6 is 11.6 Å². The molecule has 0 spiro atoms. The predicted octanol–water partition coefficient (Wildman–Crippen LogP) is 4.19. The summed E-state index contributed by atoms with van der Waals surface area (Å²) in [6.45, 7) is 3.63. The number of benzene rings is 1. The number of cyclic esters (lactones) is 1. The molecule has 1 aliphatic carbocycles. The van der Waals surface area contributed by atoms with Gasteiger partial charge in [0.2, 0.25) is 0 Å². The second-order valence-electron chi connectivity index (χ2n) is 8.54. The van der Waals surface area contributed by atoms with E-state index >= 15 is 0 Å². The molecular formula is C22H24ClN3O3. The Labute approximate surface area is 175 Å². The van der Waals surface area contributed by atoms with E-state index in [-0.39, 0.29) is 12.3 Å². The molecule has 0 aromatic heterocycles. The molecule has 1 aliphatic heterocycles. The van der Waals surface area contributed by atoms with Crippen molar-refractivity contribution in [3.8, 4) is 6.07 Å². The van der Waals surface area contributed by atoms with Crippen molar-refractivity contribution in [1.29, 1.82) is 5.26 Å². The maximum atomic E-state index is 12.4. The number of Topliss-reactive ketones (excluding diaryl/α,β-unsaturated/α-hetero) is 1. The van der Waals surface area contributed by atoms with Crippen LogP contribution in [0.1, 0.15) is 63.5 Å². The SMILES string of the molecule is CC(C)(C#N)c1ccc(CCC2(C3CCCC3)CC(=O)C(=[N+]=[N-])C(=O)O2)cc1Cl. The molecule has 152 valence electrons. The van der Waals surface area contributed by atoms with Gasteiger partial charge >= 0.3 is 11.7 Å². The second-order valence-corrected chi connectivity index (χ2v) is 8.94. The van der Waals surface area contributed by atoms with Crippen LogP contribution in [0.5, 0.6) is 0 Å². The van der Waals surface area contributed by atoms with Crippen LogP contribution < -0.4 is 0 Å². The molecule has 3 rings (SSSR count). The van der Waals surface area contributed by atoms with E-state index in [9.17, 15) is 14.9 Å². The smallest absolute Gasteiger partial charge is 0.441 e. The molecule has 1 heterocycles. The molecule has 6 nitrogen and oxygen atoms in total. The zero-order valence-electron chi connectivity index (χ0n) is 16.7. The number of ether oxygens (including phenoxy) is 1. The molecule has 1 aromatic carbocycles. The van der Waals surface area contributed by atoms with E-state index in [4.69, 9.17) is 21.9 Å². The number of nitrogens with zero attached hydrogens (tertiary/aromatic N) is 3. The first-order chi connectivity index (χ1) is 13.7. The Morgan fingerprint density at radius 1 is 1.34 bits per heavy atom. The Morgan fingerprint density at radius 2 is 2.03 bits per heavy atom. The summed E-state index contributed by atoms with van der Waals surface area (Å²) in [4.78, 5) is 27.5. The highest BCUT2D eigenvalue weighted by atomic mass is 35.5. The minimum Gasteiger partial charge on any atom is -0.449 e. The summed E-state index contributed by atoms with van der Waals surface area (Å²) in [5.41, 5.74) is 8.57. The monoisotopic (exact) mass is 413 g/mol. The van der Waals surface area contributed by atoms with E-state index in [1.54, 1.807) is 0 Å². The minimum absolute atomic E-state index is 0.0378. The summed E-state index contributed by atoms with van der Waals surface area (Å²) in [5, 5.41) is 9.87. The average Bonchev–Trinajstić information content (AvgIpc) is 3.21. The van der Waals surface area contributed by atoms with Gasteiger partial charge in [-0.05, 0) is 62.6 Å². The molecule has 2 fully saturated rings. The Kier molecular flexibility index (Phi) is 5.93.